The number of nitro benzene ring substituents is 1. The van der Waals surface area contributed by atoms with Crippen molar-refractivity contribution >= 4 is 37.5 Å². The number of hydrogen-bond donors (Lipinski definition) is 0. The third kappa shape index (κ3) is 2.30. The second kappa shape index (κ2) is 4.53. The lowest BCUT2D eigenvalue weighted by atomic mass is 10.1. The molecule has 0 saturated carbocycles. The Morgan fingerprint density at radius 3 is 2.57 bits per heavy atom. The van der Waals surface area contributed by atoms with E-state index in [-0.39, 0.29) is 9.42 Å². The molecule has 72 valence electrons. The van der Waals surface area contributed by atoms with Crippen LogP contribution in [0.4, 0.5) is 5.69 Å². The number of hydrogen-bond acceptors (Lipinski definition) is 3. The van der Waals surface area contributed by atoms with E-state index in [1.165, 1.54) is 18.2 Å². The van der Waals surface area contributed by atoms with E-state index in [9.17, 15) is 10.1 Å². The van der Waals surface area contributed by atoms with Gasteiger partial charge in [-0.05, 0) is 6.07 Å². The van der Waals surface area contributed by atoms with E-state index in [1.54, 1.807) is 0 Å². The summed E-state index contributed by atoms with van der Waals surface area (Å²) in [6.07, 6.45) is 0. The lowest BCUT2D eigenvalue weighted by Gasteiger charge is -2.03. The third-order valence-electron chi connectivity index (χ3n) is 1.60. The summed E-state index contributed by atoms with van der Waals surface area (Å²) < 4.78 is -0.260. The first-order valence-electron chi connectivity index (χ1n) is 3.53. The molecule has 4 nitrogen and oxygen atoms in total. The predicted molar refractivity (Wildman–Crippen MR) is 58.4 cm³/mol. The first-order chi connectivity index (χ1) is 6.56. The zero-order valence-electron chi connectivity index (χ0n) is 6.78. The van der Waals surface area contributed by atoms with Crippen molar-refractivity contribution in [3.8, 4) is 6.07 Å². The van der Waals surface area contributed by atoms with Crippen LogP contribution in [-0.4, -0.2) is 4.92 Å². The number of nitrogens with zero attached hydrogens (tertiary/aromatic N) is 2. The molecule has 0 unspecified atom stereocenters. The first-order valence-corrected chi connectivity index (χ1v) is 5.36. The summed E-state index contributed by atoms with van der Waals surface area (Å²) in [5, 5.41) is 19.2. The van der Waals surface area contributed by atoms with Gasteiger partial charge in [0.25, 0.3) is 5.69 Å². The van der Waals surface area contributed by atoms with Crippen molar-refractivity contribution in [2.75, 3.05) is 0 Å². The largest absolute Gasteiger partial charge is 0.269 e. The number of halogens is 2. The molecule has 0 aliphatic rings. The molecule has 1 aromatic carbocycles. The second-order valence-electron chi connectivity index (χ2n) is 2.44. The summed E-state index contributed by atoms with van der Waals surface area (Å²) >= 11 is 6.40. The minimum absolute atomic E-state index is 0.0251. The third-order valence-corrected chi connectivity index (χ3v) is 2.59. The van der Waals surface area contributed by atoms with Crippen molar-refractivity contribution in [1.82, 2.24) is 0 Å². The van der Waals surface area contributed by atoms with Crippen LogP contribution in [0.1, 0.15) is 14.9 Å². The van der Waals surface area contributed by atoms with Crippen molar-refractivity contribution in [1.29, 1.82) is 5.26 Å². The van der Waals surface area contributed by atoms with E-state index in [1.807, 2.05) is 6.07 Å². The van der Waals surface area contributed by atoms with Crippen molar-refractivity contribution in [2.45, 2.75) is 3.74 Å². The van der Waals surface area contributed by atoms with Gasteiger partial charge in [0.15, 0.2) is 0 Å². The van der Waals surface area contributed by atoms with Gasteiger partial charge in [-0.15, -0.1) is 0 Å². The normalized spacial score (nSPS) is 9.86. The Bertz CT molecular complexity index is 412. The van der Waals surface area contributed by atoms with E-state index >= 15 is 0 Å². The summed E-state index contributed by atoms with van der Waals surface area (Å²) in [5.74, 6) is 0. The van der Waals surface area contributed by atoms with Gasteiger partial charge in [0.05, 0.1) is 20.3 Å². The summed E-state index contributed by atoms with van der Waals surface area (Å²) in [7, 11) is 0. The molecule has 0 N–H and O–H groups in total. The fraction of sp³-hybridized carbons (Fsp3) is 0.125. The van der Waals surface area contributed by atoms with Crippen LogP contribution < -0.4 is 0 Å². The SMILES string of the molecule is N#Cc1ccc([N+](=O)[O-])cc1C(Br)Br. The molecule has 6 heteroatoms. The van der Waals surface area contributed by atoms with Crippen LogP contribution in [0.3, 0.4) is 0 Å². The Morgan fingerprint density at radius 2 is 2.14 bits per heavy atom. The number of nitro groups is 1. The van der Waals surface area contributed by atoms with Gasteiger partial charge in [-0.3, -0.25) is 10.1 Å². The van der Waals surface area contributed by atoms with E-state index in [4.69, 9.17) is 5.26 Å². The molecule has 0 aliphatic carbocycles. The lowest BCUT2D eigenvalue weighted by molar-refractivity contribution is -0.384. The molecule has 0 spiro atoms. The smallest absolute Gasteiger partial charge is 0.258 e. The molecule has 0 amide bonds. The minimum Gasteiger partial charge on any atom is -0.258 e. The molecule has 0 fully saturated rings. The molecule has 1 rings (SSSR count). The molecule has 0 bridgehead atoms. The van der Waals surface area contributed by atoms with Crippen molar-refractivity contribution in [3.05, 3.63) is 39.4 Å². The molecule has 0 radical (unpaired) electrons. The first kappa shape index (κ1) is 11.1. The molecular weight excluding hydrogens is 316 g/mol. The summed E-state index contributed by atoms with van der Waals surface area (Å²) in [6, 6.07) is 6.07. The van der Waals surface area contributed by atoms with Gasteiger partial charge in [0.2, 0.25) is 0 Å². The second-order valence-corrected chi connectivity index (χ2v) is 5.50. The van der Waals surface area contributed by atoms with Gasteiger partial charge in [-0.2, -0.15) is 5.26 Å². The van der Waals surface area contributed by atoms with E-state index in [2.05, 4.69) is 31.9 Å². The van der Waals surface area contributed by atoms with E-state index in [0.29, 0.717) is 11.1 Å². The molecule has 1 aromatic rings. The number of rotatable bonds is 2. The quantitative estimate of drug-likeness (QED) is 0.477. The Balaban J connectivity index is 3.29. The Morgan fingerprint density at radius 1 is 1.50 bits per heavy atom. The van der Waals surface area contributed by atoms with Crippen LogP contribution in [0.25, 0.3) is 0 Å². The van der Waals surface area contributed by atoms with Crippen LogP contribution in [-0.2, 0) is 0 Å². The highest BCUT2D eigenvalue weighted by Crippen LogP contribution is 2.33. The molecule has 0 aromatic heterocycles. The standard InChI is InChI=1S/C8H4Br2N2O2/c9-8(10)7-3-6(12(13)14)2-1-5(7)4-11/h1-3,8H. The summed E-state index contributed by atoms with van der Waals surface area (Å²) in [4.78, 5) is 9.97. The Kier molecular flexibility index (Phi) is 3.61. The van der Waals surface area contributed by atoms with Crippen LogP contribution in [0, 0.1) is 21.4 Å². The molecular formula is C8H4Br2N2O2. The number of nitriles is 1. The Labute approximate surface area is 96.9 Å². The maximum atomic E-state index is 10.5. The average Bonchev–Trinajstić information content (AvgIpc) is 2.16. The average molecular weight is 320 g/mol. The Hall–Kier alpha value is -0.930. The fourth-order valence-electron chi connectivity index (χ4n) is 0.946. The van der Waals surface area contributed by atoms with Crippen LogP contribution in [0.5, 0.6) is 0 Å². The molecule has 0 heterocycles. The van der Waals surface area contributed by atoms with Gasteiger partial charge in [-0.1, -0.05) is 31.9 Å². The van der Waals surface area contributed by atoms with Gasteiger partial charge < -0.3 is 0 Å². The van der Waals surface area contributed by atoms with Gasteiger partial charge in [0, 0.05) is 17.7 Å². The van der Waals surface area contributed by atoms with E-state index in [0.717, 1.165) is 0 Å². The van der Waals surface area contributed by atoms with Gasteiger partial charge in [-0.25, -0.2) is 0 Å². The number of alkyl halides is 2. The highest BCUT2D eigenvalue weighted by Gasteiger charge is 2.14. The molecule has 14 heavy (non-hydrogen) atoms. The predicted octanol–water partition coefficient (Wildman–Crippen LogP) is 3.25. The maximum absolute atomic E-state index is 10.5. The van der Waals surface area contributed by atoms with Crippen molar-refractivity contribution in [2.24, 2.45) is 0 Å². The molecule has 0 atom stereocenters. The topological polar surface area (TPSA) is 66.9 Å². The van der Waals surface area contributed by atoms with E-state index < -0.39 is 4.92 Å². The summed E-state index contributed by atoms with van der Waals surface area (Å²) in [6.45, 7) is 0. The van der Waals surface area contributed by atoms with Crippen molar-refractivity contribution < 1.29 is 4.92 Å². The highest BCUT2D eigenvalue weighted by atomic mass is 79.9. The number of non-ortho nitro benzene ring substituents is 1. The van der Waals surface area contributed by atoms with Crippen molar-refractivity contribution in [3.63, 3.8) is 0 Å². The van der Waals surface area contributed by atoms with Gasteiger partial charge >= 0.3 is 0 Å². The minimum atomic E-state index is -0.493. The van der Waals surface area contributed by atoms with Crippen LogP contribution in [0.2, 0.25) is 0 Å². The lowest BCUT2D eigenvalue weighted by Crippen LogP contribution is -1.93. The van der Waals surface area contributed by atoms with Crippen LogP contribution in [0.15, 0.2) is 18.2 Å². The molecule has 0 saturated heterocycles. The van der Waals surface area contributed by atoms with Crippen LogP contribution >= 0.6 is 31.9 Å². The molecule has 0 aliphatic heterocycles. The summed E-state index contributed by atoms with van der Waals surface area (Å²) in [5.41, 5.74) is 0.943. The number of benzene rings is 1. The monoisotopic (exact) mass is 318 g/mol. The zero-order chi connectivity index (χ0) is 10.7. The zero-order valence-corrected chi connectivity index (χ0v) is 9.95. The van der Waals surface area contributed by atoms with Gasteiger partial charge in [0.1, 0.15) is 0 Å². The maximum Gasteiger partial charge on any atom is 0.269 e. The highest BCUT2D eigenvalue weighted by molar-refractivity contribution is 9.24. The fourth-order valence-corrected chi connectivity index (χ4v) is 1.70.